The van der Waals surface area contributed by atoms with Gasteiger partial charge >= 0.3 is 0 Å². The summed E-state index contributed by atoms with van der Waals surface area (Å²) in [5.74, 6) is 0.830. The summed E-state index contributed by atoms with van der Waals surface area (Å²) in [7, 11) is 1.85. The Kier molecular flexibility index (Phi) is 4.29. The van der Waals surface area contributed by atoms with Crippen LogP contribution in [0.3, 0.4) is 0 Å². The van der Waals surface area contributed by atoms with Gasteiger partial charge in [-0.3, -0.25) is 4.99 Å². The molecule has 0 spiro atoms. The highest BCUT2D eigenvalue weighted by Gasteiger charge is 2.30. The number of rotatable bonds is 2. The van der Waals surface area contributed by atoms with Crippen molar-refractivity contribution >= 4 is 16.9 Å². The summed E-state index contributed by atoms with van der Waals surface area (Å²) >= 11 is 1.69. The van der Waals surface area contributed by atoms with Gasteiger partial charge in [-0.1, -0.05) is 47.3 Å². The van der Waals surface area contributed by atoms with Gasteiger partial charge in [0.2, 0.25) is 0 Å². The fraction of sp³-hybridized carbons (Fsp3) is 0.375. The molecule has 0 radical (unpaired) electrons. The normalized spacial score (nSPS) is 19.2. The van der Waals surface area contributed by atoms with E-state index in [2.05, 4.69) is 27.4 Å². The van der Waals surface area contributed by atoms with Crippen molar-refractivity contribution in [1.29, 1.82) is 0 Å². The molecule has 0 aliphatic carbocycles. The average molecular weight is 301 g/mol. The monoisotopic (exact) mass is 301 g/mol. The third kappa shape index (κ3) is 2.83. The van der Waals surface area contributed by atoms with E-state index in [9.17, 15) is 0 Å². The van der Waals surface area contributed by atoms with Crippen LogP contribution in [0.1, 0.15) is 24.6 Å². The molecule has 1 aliphatic heterocycles. The van der Waals surface area contributed by atoms with Crippen molar-refractivity contribution in [3.05, 3.63) is 42.1 Å². The first-order chi connectivity index (χ1) is 10.3. The zero-order valence-corrected chi connectivity index (χ0v) is 13.1. The van der Waals surface area contributed by atoms with E-state index in [1.54, 1.807) is 11.8 Å². The molecule has 2 aromatic rings. The summed E-state index contributed by atoms with van der Waals surface area (Å²) in [5, 5.41) is 5.37. The van der Waals surface area contributed by atoms with Gasteiger partial charge in [0, 0.05) is 25.2 Å². The van der Waals surface area contributed by atoms with Gasteiger partial charge in [0.05, 0.1) is 6.04 Å². The second kappa shape index (κ2) is 6.35. The lowest BCUT2D eigenvalue weighted by Crippen LogP contribution is -2.28. The van der Waals surface area contributed by atoms with Crippen molar-refractivity contribution in [2.24, 2.45) is 4.99 Å². The Labute approximate surface area is 129 Å². The van der Waals surface area contributed by atoms with Crippen LogP contribution in [0.2, 0.25) is 0 Å². The first-order valence-corrected chi connectivity index (χ1v) is 8.35. The minimum absolute atomic E-state index is 0.275. The van der Waals surface area contributed by atoms with E-state index >= 15 is 0 Å². The van der Waals surface area contributed by atoms with Crippen molar-refractivity contribution < 1.29 is 4.52 Å². The van der Waals surface area contributed by atoms with Crippen LogP contribution < -0.4 is 0 Å². The molecular formula is C16H19N3OS. The third-order valence-electron chi connectivity index (χ3n) is 3.80. The quantitative estimate of drug-likeness (QED) is 0.624. The highest BCUT2D eigenvalue weighted by atomic mass is 32.2. The van der Waals surface area contributed by atoms with Gasteiger partial charge < -0.3 is 9.42 Å². The lowest BCUT2D eigenvalue weighted by Gasteiger charge is -2.24. The van der Waals surface area contributed by atoms with Crippen LogP contribution in [0.25, 0.3) is 11.3 Å². The molecule has 3 rings (SSSR count). The zero-order chi connectivity index (χ0) is 14.7. The predicted molar refractivity (Wildman–Crippen MR) is 87.5 cm³/mol. The summed E-state index contributed by atoms with van der Waals surface area (Å²) in [6.45, 7) is 1.03. The summed E-state index contributed by atoms with van der Waals surface area (Å²) in [4.78, 5) is 6.71. The van der Waals surface area contributed by atoms with Gasteiger partial charge in [0.15, 0.2) is 10.9 Å². The fourth-order valence-electron chi connectivity index (χ4n) is 2.82. The molecule has 0 bridgehead atoms. The topological polar surface area (TPSA) is 41.6 Å². The minimum Gasteiger partial charge on any atom is -0.356 e. The highest BCUT2D eigenvalue weighted by Crippen LogP contribution is 2.35. The largest absolute Gasteiger partial charge is 0.356 e. The lowest BCUT2D eigenvalue weighted by molar-refractivity contribution is 0.362. The summed E-state index contributed by atoms with van der Waals surface area (Å²) in [5.41, 5.74) is 2.07. The van der Waals surface area contributed by atoms with E-state index in [1.165, 1.54) is 0 Å². The minimum atomic E-state index is 0.275. The molecule has 0 saturated carbocycles. The molecular weight excluding hydrogens is 282 g/mol. The maximum atomic E-state index is 5.54. The maximum absolute atomic E-state index is 5.54. The molecule has 110 valence electrons. The van der Waals surface area contributed by atoms with Crippen LogP contribution in [-0.4, -0.2) is 35.1 Å². The van der Waals surface area contributed by atoms with E-state index < -0.39 is 0 Å². The van der Waals surface area contributed by atoms with Crippen LogP contribution >= 0.6 is 11.8 Å². The molecule has 21 heavy (non-hydrogen) atoms. The molecule has 0 amide bonds. The van der Waals surface area contributed by atoms with Gasteiger partial charge in [0.1, 0.15) is 5.69 Å². The lowest BCUT2D eigenvalue weighted by atomic mass is 10.1. The molecule has 0 unspecified atom stereocenters. The fourth-order valence-corrected chi connectivity index (χ4v) is 3.46. The molecule has 1 atom stereocenters. The Morgan fingerprint density at radius 1 is 1.38 bits per heavy atom. The number of benzene rings is 1. The predicted octanol–water partition coefficient (Wildman–Crippen LogP) is 3.83. The van der Waals surface area contributed by atoms with Crippen molar-refractivity contribution in [3.8, 4) is 11.3 Å². The number of hydrogen-bond donors (Lipinski definition) is 0. The first-order valence-electron chi connectivity index (χ1n) is 7.13. The number of hydrogen-bond acceptors (Lipinski definition) is 4. The molecule has 0 N–H and O–H groups in total. The standard InChI is InChI=1S/C16H19N3OS/c1-17-16(21-2)19-10-6-9-14(19)13-11-15(20-18-13)12-7-4-3-5-8-12/h3-5,7-8,11,14H,6,9-10H2,1-2H3/b17-16+/t14-/m1/s1. The number of aliphatic imine (C=N–C) groups is 1. The molecule has 5 heteroatoms. The molecule has 1 aromatic heterocycles. The Morgan fingerprint density at radius 3 is 2.90 bits per heavy atom. The SMILES string of the molecule is C/N=C(/SC)N1CCC[C@@H]1c1cc(-c2ccccc2)on1. The number of thioether (sulfide) groups is 1. The number of likely N-dealkylation sites (tertiary alicyclic amines) is 1. The van der Waals surface area contributed by atoms with Crippen LogP contribution in [0.15, 0.2) is 45.9 Å². The third-order valence-corrected chi connectivity index (χ3v) is 4.58. The highest BCUT2D eigenvalue weighted by molar-refractivity contribution is 8.13. The van der Waals surface area contributed by atoms with Gasteiger partial charge in [-0.2, -0.15) is 0 Å². The Hall–Kier alpha value is -1.75. The van der Waals surface area contributed by atoms with Crippen molar-refractivity contribution in [1.82, 2.24) is 10.1 Å². The van der Waals surface area contributed by atoms with Crippen LogP contribution in [0.5, 0.6) is 0 Å². The molecule has 2 heterocycles. The average Bonchev–Trinajstić information content (AvgIpc) is 3.18. The Balaban J connectivity index is 1.86. The van der Waals surface area contributed by atoms with Crippen molar-refractivity contribution in [2.45, 2.75) is 18.9 Å². The van der Waals surface area contributed by atoms with E-state index in [0.29, 0.717) is 0 Å². The summed E-state index contributed by atoms with van der Waals surface area (Å²) < 4.78 is 5.54. The Morgan fingerprint density at radius 2 is 2.19 bits per heavy atom. The van der Waals surface area contributed by atoms with Gasteiger partial charge in [-0.15, -0.1) is 0 Å². The number of nitrogens with zero attached hydrogens (tertiary/aromatic N) is 3. The van der Waals surface area contributed by atoms with E-state index in [0.717, 1.165) is 41.6 Å². The van der Waals surface area contributed by atoms with Crippen LogP contribution in [0, 0.1) is 0 Å². The van der Waals surface area contributed by atoms with Crippen LogP contribution in [-0.2, 0) is 0 Å². The molecule has 1 aromatic carbocycles. The first kappa shape index (κ1) is 14.2. The summed E-state index contributed by atoms with van der Waals surface area (Å²) in [6, 6.07) is 12.4. The Bertz CT molecular complexity index is 623. The smallest absolute Gasteiger partial charge is 0.167 e. The molecule has 1 aliphatic rings. The van der Waals surface area contributed by atoms with Gasteiger partial charge in [-0.05, 0) is 19.1 Å². The van der Waals surface area contributed by atoms with Gasteiger partial charge in [0.25, 0.3) is 0 Å². The molecule has 4 nitrogen and oxygen atoms in total. The van der Waals surface area contributed by atoms with Crippen LogP contribution in [0.4, 0.5) is 0 Å². The summed E-state index contributed by atoms with van der Waals surface area (Å²) in [6.07, 6.45) is 4.33. The van der Waals surface area contributed by atoms with E-state index in [1.807, 2.05) is 37.4 Å². The van der Waals surface area contributed by atoms with Crippen molar-refractivity contribution in [2.75, 3.05) is 19.8 Å². The second-order valence-corrected chi connectivity index (χ2v) is 5.82. The second-order valence-electron chi connectivity index (χ2n) is 5.04. The van der Waals surface area contributed by atoms with Crippen molar-refractivity contribution in [3.63, 3.8) is 0 Å². The number of amidine groups is 1. The van der Waals surface area contributed by atoms with Gasteiger partial charge in [-0.25, -0.2) is 0 Å². The van der Waals surface area contributed by atoms with E-state index in [4.69, 9.17) is 4.52 Å². The molecule has 1 saturated heterocycles. The maximum Gasteiger partial charge on any atom is 0.167 e. The number of aromatic nitrogens is 1. The zero-order valence-electron chi connectivity index (χ0n) is 12.3. The van der Waals surface area contributed by atoms with E-state index in [-0.39, 0.29) is 6.04 Å². The molecule has 1 fully saturated rings.